The molecule has 2 aromatic rings. The van der Waals surface area contributed by atoms with Gasteiger partial charge in [0.1, 0.15) is 5.75 Å². The Morgan fingerprint density at radius 1 is 0.947 bits per heavy atom. The van der Waals surface area contributed by atoms with Crippen molar-refractivity contribution in [2.45, 2.75) is 40.8 Å². The zero-order chi connectivity index (χ0) is 14.0. The highest BCUT2D eigenvalue weighted by atomic mass is 32.1. The molecule has 0 unspecified atom stereocenters. The summed E-state index contributed by atoms with van der Waals surface area (Å²) in [5, 5.41) is 13.2. The van der Waals surface area contributed by atoms with Gasteiger partial charge in [-0.1, -0.05) is 12.1 Å². The van der Waals surface area contributed by atoms with E-state index in [0.717, 1.165) is 24.2 Å². The second-order valence-corrected chi connectivity index (χ2v) is 6.47. The molecule has 0 saturated carbocycles. The molecular weight excluding hydrogens is 254 g/mol. The van der Waals surface area contributed by atoms with Crippen LogP contribution >= 0.6 is 11.3 Å². The van der Waals surface area contributed by atoms with Crippen molar-refractivity contribution in [3.05, 3.63) is 50.2 Å². The van der Waals surface area contributed by atoms with E-state index in [0.29, 0.717) is 5.75 Å². The number of thiophene rings is 1. The van der Waals surface area contributed by atoms with E-state index in [-0.39, 0.29) is 0 Å². The third kappa shape index (κ3) is 3.37. The Hall–Kier alpha value is -1.32. The molecule has 2 nitrogen and oxygen atoms in total. The summed E-state index contributed by atoms with van der Waals surface area (Å²) in [6.07, 6.45) is 0. The highest BCUT2D eigenvalue weighted by molar-refractivity contribution is 7.12. The third-order valence-corrected chi connectivity index (χ3v) is 4.55. The van der Waals surface area contributed by atoms with Crippen LogP contribution in [-0.4, -0.2) is 5.11 Å². The number of nitrogens with one attached hydrogen (secondary N) is 1. The number of phenolic OH excluding ortho intramolecular Hbond substituents is 1. The number of benzene rings is 1. The number of aromatic hydroxyl groups is 1. The van der Waals surface area contributed by atoms with Gasteiger partial charge in [0.2, 0.25) is 0 Å². The van der Waals surface area contributed by atoms with Crippen LogP contribution in [0.25, 0.3) is 0 Å². The average molecular weight is 275 g/mol. The van der Waals surface area contributed by atoms with Crippen molar-refractivity contribution in [3.8, 4) is 5.75 Å². The minimum absolute atomic E-state index is 0.410. The molecule has 0 aliphatic carbocycles. The molecule has 0 spiro atoms. The van der Waals surface area contributed by atoms with Crippen LogP contribution in [0.3, 0.4) is 0 Å². The lowest BCUT2D eigenvalue weighted by Gasteiger charge is -2.08. The lowest BCUT2D eigenvalue weighted by atomic mass is 10.1. The highest BCUT2D eigenvalue weighted by Crippen LogP contribution is 2.23. The summed E-state index contributed by atoms with van der Waals surface area (Å²) in [4.78, 5) is 2.77. The smallest absolute Gasteiger partial charge is 0.121 e. The normalized spacial score (nSPS) is 10.9. The van der Waals surface area contributed by atoms with Crippen LogP contribution < -0.4 is 5.32 Å². The highest BCUT2D eigenvalue weighted by Gasteiger charge is 2.04. The minimum Gasteiger partial charge on any atom is -0.507 e. The van der Waals surface area contributed by atoms with Gasteiger partial charge < -0.3 is 10.4 Å². The standard InChI is InChI=1S/C16H21NOS/c1-10-7-15(19-13(10)4)9-17-8-14-5-11(2)16(18)12(3)6-14/h5-7,17-18H,8-9H2,1-4H3. The first kappa shape index (κ1) is 14.1. The van der Waals surface area contributed by atoms with Gasteiger partial charge in [-0.05, 0) is 56.0 Å². The Bertz CT molecular complexity index is 544. The van der Waals surface area contributed by atoms with E-state index >= 15 is 0 Å². The van der Waals surface area contributed by atoms with Crippen molar-refractivity contribution >= 4 is 11.3 Å². The van der Waals surface area contributed by atoms with Crippen LogP contribution in [0.5, 0.6) is 5.75 Å². The lowest BCUT2D eigenvalue weighted by molar-refractivity contribution is 0.466. The van der Waals surface area contributed by atoms with Gasteiger partial charge in [-0.2, -0.15) is 0 Å². The SMILES string of the molecule is Cc1cc(CNCc2cc(C)c(O)c(C)c2)sc1C. The van der Waals surface area contributed by atoms with Gasteiger partial charge in [0.05, 0.1) is 0 Å². The van der Waals surface area contributed by atoms with Crippen LogP contribution in [0, 0.1) is 27.7 Å². The van der Waals surface area contributed by atoms with Crippen molar-refractivity contribution in [3.63, 3.8) is 0 Å². The maximum absolute atomic E-state index is 9.75. The fraction of sp³-hybridized carbons (Fsp3) is 0.375. The maximum Gasteiger partial charge on any atom is 0.121 e. The third-order valence-electron chi connectivity index (χ3n) is 3.40. The average Bonchev–Trinajstić information content (AvgIpc) is 2.65. The maximum atomic E-state index is 9.75. The van der Waals surface area contributed by atoms with Crippen LogP contribution in [0.4, 0.5) is 0 Å². The summed E-state index contributed by atoms with van der Waals surface area (Å²) < 4.78 is 0. The van der Waals surface area contributed by atoms with Gasteiger partial charge in [-0.25, -0.2) is 0 Å². The number of rotatable bonds is 4. The van der Waals surface area contributed by atoms with Gasteiger partial charge in [0.15, 0.2) is 0 Å². The summed E-state index contributed by atoms with van der Waals surface area (Å²) in [6.45, 7) is 9.93. The number of hydrogen-bond acceptors (Lipinski definition) is 3. The predicted molar refractivity (Wildman–Crippen MR) is 81.9 cm³/mol. The number of hydrogen-bond donors (Lipinski definition) is 2. The Balaban J connectivity index is 1.96. The molecule has 3 heteroatoms. The fourth-order valence-electron chi connectivity index (χ4n) is 2.21. The molecule has 0 amide bonds. The fourth-order valence-corrected chi connectivity index (χ4v) is 3.24. The molecule has 102 valence electrons. The Kier molecular flexibility index (Phi) is 4.27. The summed E-state index contributed by atoms with van der Waals surface area (Å²) in [5.74, 6) is 0.410. The Morgan fingerprint density at radius 2 is 1.58 bits per heavy atom. The Labute approximate surface area is 119 Å². The van der Waals surface area contributed by atoms with E-state index in [1.807, 2.05) is 37.3 Å². The van der Waals surface area contributed by atoms with Crippen LogP contribution in [0.15, 0.2) is 18.2 Å². The first-order chi connectivity index (χ1) is 8.97. The molecule has 0 saturated heterocycles. The largest absolute Gasteiger partial charge is 0.507 e. The molecule has 1 heterocycles. The second kappa shape index (κ2) is 5.76. The summed E-state index contributed by atoms with van der Waals surface area (Å²) in [6, 6.07) is 6.33. The lowest BCUT2D eigenvalue weighted by Crippen LogP contribution is -2.12. The minimum atomic E-state index is 0.410. The molecule has 0 aliphatic heterocycles. The molecular formula is C16H21NOS. The van der Waals surface area contributed by atoms with E-state index in [4.69, 9.17) is 0 Å². The van der Waals surface area contributed by atoms with Gasteiger partial charge in [0, 0.05) is 22.8 Å². The predicted octanol–water partition coefficient (Wildman–Crippen LogP) is 3.98. The summed E-state index contributed by atoms with van der Waals surface area (Å²) >= 11 is 1.86. The van der Waals surface area contributed by atoms with Crippen LogP contribution in [0.2, 0.25) is 0 Å². The zero-order valence-electron chi connectivity index (χ0n) is 12.0. The molecule has 0 fully saturated rings. The van der Waals surface area contributed by atoms with Gasteiger partial charge in [0.25, 0.3) is 0 Å². The van der Waals surface area contributed by atoms with Gasteiger partial charge in [-0.3, -0.25) is 0 Å². The van der Waals surface area contributed by atoms with Crippen molar-refractivity contribution in [2.24, 2.45) is 0 Å². The van der Waals surface area contributed by atoms with Crippen molar-refractivity contribution < 1.29 is 5.11 Å². The number of aryl methyl sites for hydroxylation is 4. The monoisotopic (exact) mass is 275 g/mol. The quantitative estimate of drug-likeness (QED) is 0.884. The zero-order valence-corrected chi connectivity index (χ0v) is 12.8. The molecule has 0 aliphatic rings. The molecule has 19 heavy (non-hydrogen) atoms. The Morgan fingerprint density at radius 3 is 2.11 bits per heavy atom. The molecule has 2 N–H and O–H groups in total. The molecule has 1 aromatic heterocycles. The molecule has 0 atom stereocenters. The molecule has 0 radical (unpaired) electrons. The second-order valence-electron chi connectivity index (χ2n) is 5.13. The van der Waals surface area contributed by atoms with Crippen molar-refractivity contribution in [2.75, 3.05) is 0 Å². The first-order valence-corrected chi connectivity index (χ1v) is 7.34. The van der Waals surface area contributed by atoms with Gasteiger partial charge >= 0.3 is 0 Å². The van der Waals surface area contributed by atoms with Crippen molar-refractivity contribution in [1.29, 1.82) is 0 Å². The van der Waals surface area contributed by atoms with E-state index in [1.54, 1.807) is 0 Å². The van der Waals surface area contributed by atoms with E-state index in [1.165, 1.54) is 20.9 Å². The topological polar surface area (TPSA) is 32.3 Å². The van der Waals surface area contributed by atoms with Crippen molar-refractivity contribution in [1.82, 2.24) is 5.32 Å². The summed E-state index contributed by atoms with van der Waals surface area (Å²) in [7, 11) is 0. The first-order valence-electron chi connectivity index (χ1n) is 6.53. The van der Waals surface area contributed by atoms with E-state index in [2.05, 4.69) is 25.2 Å². The van der Waals surface area contributed by atoms with Gasteiger partial charge in [-0.15, -0.1) is 11.3 Å². The summed E-state index contributed by atoms with van der Waals surface area (Å²) in [5.41, 5.74) is 4.48. The molecule has 0 bridgehead atoms. The molecule has 1 aromatic carbocycles. The molecule has 2 rings (SSSR count). The van der Waals surface area contributed by atoms with E-state index in [9.17, 15) is 5.11 Å². The van der Waals surface area contributed by atoms with E-state index < -0.39 is 0 Å². The number of phenols is 1. The van der Waals surface area contributed by atoms with Crippen LogP contribution in [-0.2, 0) is 13.1 Å². The van der Waals surface area contributed by atoms with Crippen LogP contribution in [0.1, 0.15) is 32.0 Å².